The molecule has 0 radical (unpaired) electrons. The lowest BCUT2D eigenvalue weighted by Crippen LogP contribution is -2.43. The SMILES string of the molecule is CN1C(=O)CC2CC(N)=CC=C2C1=O. The van der Waals surface area contributed by atoms with Crippen molar-refractivity contribution in [3.05, 3.63) is 23.4 Å². The minimum absolute atomic E-state index is 0.00352. The number of likely N-dealkylation sites (tertiary alicyclic amines) is 1. The maximum absolute atomic E-state index is 11.6. The van der Waals surface area contributed by atoms with E-state index in [4.69, 9.17) is 5.73 Å². The largest absolute Gasteiger partial charge is 0.402 e. The van der Waals surface area contributed by atoms with Crippen LogP contribution in [0.3, 0.4) is 0 Å². The van der Waals surface area contributed by atoms with Crippen molar-refractivity contribution in [2.24, 2.45) is 11.7 Å². The van der Waals surface area contributed by atoms with E-state index in [1.165, 1.54) is 11.9 Å². The number of imide groups is 1. The summed E-state index contributed by atoms with van der Waals surface area (Å²) in [5.41, 5.74) is 7.10. The first-order valence-corrected chi connectivity index (χ1v) is 4.56. The molecular weight excluding hydrogens is 180 g/mol. The second-order valence-corrected chi connectivity index (χ2v) is 3.73. The summed E-state index contributed by atoms with van der Waals surface area (Å²) in [6, 6.07) is 0. The molecule has 1 fully saturated rings. The Labute approximate surface area is 82.1 Å². The van der Waals surface area contributed by atoms with E-state index in [0.29, 0.717) is 18.4 Å². The van der Waals surface area contributed by atoms with E-state index in [2.05, 4.69) is 0 Å². The van der Waals surface area contributed by atoms with Crippen LogP contribution in [0.5, 0.6) is 0 Å². The van der Waals surface area contributed by atoms with Crippen LogP contribution in [-0.4, -0.2) is 23.8 Å². The molecule has 0 aromatic rings. The van der Waals surface area contributed by atoms with Gasteiger partial charge >= 0.3 is 0 Å². The molecule has 1 atom stereocenters. The van der Waals surface area contributed by atoms with Gasteiger partial charge in [0.1, 0.15) is 0 Å². The fourth-order valence-corrected chi connectivity index (χ4v) is 1.88. The zero-order valence-corrected chi connectivity index (χ0v) is 7.99. The quantitative estimate of drug-likeness (QED) is 0.556. The van der Waals surface area contributed by atoms with Gasteiger partial charge in [-0.05, 0) is 12.5 Å². The Morgan fingerprint density at radius 2 is 2.07 bits per heavy atom. The highest BCUT2D eigenvalue weighted by Crippen LogP contribution is 2.31. The summed E-state index contributed by atoms with van der Waals surface area (Å²) in [6.45, 7) is 0. The summed E-state index contributed by atoms with van der Waals surface area (Å²) in [5.74, 6) is -0.307. The molecule has 1 heterocycles. The first-order valence-electron chi connectivity index (χ1n) is 4.56. The summed E-state index contributed by atoms with van der Waals surface area (Å²) >= 11 is 0. The normalized spacial score (nSPS) is 26.9. The molecule has 2 amide bonds. The number of allylic oxidation sites excluding steroid dienone is 3. The molecule has 2 N–H and O–H groups in total. The molecule has 0 bridgehead atoms. The monoisotopic (exact) mass is 192 g/mol. The highest BCUT2D eigenvalue weighted by Gasteiger charge is 2.35. The molecule has 0 aromatic carbocycles. The standard InChI is InChI=1S/C10H12N2O2/c1-12-9(13)5-6-4-7(11)2-3-8(6)10(12)14/h2-3,6H,4-5,11H2,1H3. The van der Waals surface area contributed by atoms with Gasteiger partial charge in [-0.1, -0.05) is 6.08 Å². The molecule has 4 heteroatoms. The third kappa shape index (κ3) is 1.23. The van der Waals surface area contributed by atoms with E-state index in [1.807, 2.05) is 0 Å². The molecule has 0 spiro atoms. The van der Waals surface area contributed by atoms with Crippen molar-refractivity contribution in [1.82, 2.24) is 4.90 Å². The Bertz CT molecular complexity index is 368. The molecule has 1 aliphatic heterocycles. The molecule has 1 unspecified atom stereocenters. The zero-order chi connectivity index (χ0) is 10.3. The van der Waals surface area contributed by atoms with Gasteiger partial charge in [0.2, 0.25) is 5.91 Å². The van der Waals surface area contributed by atoms with Gasteiger partial charge in [0, 0.05) is 30.7 Å². The van der Waals surface area contributed by atoms with Crippen LogP contribution >= 0.6 is 0 Å². The number of carbonyl (C=O) groups excluding carboxylic acids is 2. The highest BCUT2D eigenvalue weighted by molar-refractivity contribution is 6.07. The van der Waals surface area contributed by atoms with Gasteiger partial charge < -0.3 is 5.73 Å². The lowest BCUT2D eigenvalue weighted by atomic mass is 9.83. The van der Waals surface area contributed by atoms with E-state index in [-0.39, 0.29) is 17.7 Å². The molecule has 2 rings (SSSR count). The smallest absolute Gasteiger partial charge is 0.256 e. The molecule has 2 aliphatic rings. The lowest BCUT2D eigenvalue weighted by Gasteiger charge is -2.31. The second kappa shape index (κ2) is 2.97. The van der Waals surface area contributed by atoms with Crippen molar-refractivity contribution in [2.45, 2.75) is 12.8 Å². The lowest BCUT2D eigenvalue weighted by molar-refractivity contribution is -0.144. The Hall–Kier alpha value is -1.58. The molecular formula is C10H12N2O2. The number of piperidine rings is 1. The first-order chi connectivity index (χ1) is 6.59. The van der Waals surface area contributed by atoms with Crippen molar-refractivity contribution in [3.8, 4) is 0 Å². The first kappa shape index (κ1) is 8.99. The molecule has 0 saturated carbocycles. The maximum Gasteiger partial charge on any atom is 0.256 e. The average Bonchev–Trinajstić information content (AvgIpc) is 2.14. The van der Waals surface area contributed by atoms with Crippen LogP contribution in [0.25, 0.3) is 0 Å². The predicted molar refractivity (Wildman–Crippen MR) is 50.9 cm³/mol. The number of hydrogen-bond acceptors (Lipinski definition) is 3. The zero-order valence-electron chi connectivity index (χ0n) is 7.99. The molecule has 74 valence electrons. The van der Waals surface area contributed by atoms with E-state index < -0.39 is 0 Å². The number of rotatable bonds is 0. The fraction of sp³-hybridized carbons (Fsp3) is 0.400. The van der Waals surface area contributed by atoms with Gasteiger partial charge in [-0.25, -0.2) is 0 Å². The molecule has 4 nitrogen and oxygen atoms in total. The van der Waals surface area contributed by atoms with Gasteiger partial charge in [0.25, 0.3) is 5.91 Å². The second-order valence-electron chi connectivity index (χ2n) is 3.73. The number of nitrogens with two attached hydrogens (primary N) is 1. The predicted octanol–water partition coefficient (Wildman–Crippen LogP) is 0.164. The Balaban J connectivity index is 2.35. The summed E-state index contributed by atoms with van der Waals surface area (Å²) in [7, 11) is 1.52. The highest BCUT2D eigenvalue weighted by atomic mass is 16.2. The van der Waals surface area contributed by atoms with Gasteiger partial charge in [0.05, 0.1) is 0 Å². The minimum atomic E-state index is -0.185. The number of nitrogens with zero attached hydrogens (tertiary/aromatic N) is 1. The van der Waals surface area contributed by atoms with Crippen LogP contribution in [0.1, 0.15) is 12.8 Å². The number of hydrogen-bond donors (Lipinski definition) is 1. The molecule has 1 aliphatic carbocycles. The Morgan fingerprint density at radius 1 is 1.36 bits per heavy atom. The minimum Gasteiger partial charge on any atom is -0.402 e. The van der Waals surface area contributed by atoms with E-state index in [9.17, 15) is 9.59 Å². The molecule has 0 aromatic heterocycles. The van der Waals surface area contributed by atoms with Crippen molar-refractivity contribution in [3.63, 3.8) is 0 Å². The van der Waals surface area contributed by atoms with Crippen LogP contribution in [0, 0.1) is 5.92 Å². The van der Waals surface area contributed by atoms with Crippen molar-refractivity contribution in [2.75, 3.05) is 7.05 Å². The average molecular weight is 192 g/mol. The summed E-state index contributed by atoms with van der Waals surface area (Å²) in [4.78, 5) is 24.2. The summed E-state index contributed by atoms with van der Waals surface area (Å²) < 4.78 is 0. The fourth-order valence-electron chi connectivity index (χ4n) is 1.88. The van der Waals surface area contributed by atoms with E-state index in [0.717, 1.165) is 5.70 Å². The van der Waals surface area contributed by atoms with Gasteiger partial charge in [0.15, 0.2) is 0 Å². The third-order valence-corrected chi connectivity index (χ3v) is 2.75. The van der Waals surface area contributed by atoms with Crippen LogP contribution in [0.2, 0.25) is 0 Å². The maximum atomic E-state index is 11.6. The van der Waals surface area contributed by atoms with Gasteiger partial charge in [-0.2, -0.15) is 0 Å². The van der Waals surface area contributed by atoms with Crippen molar-refractivity contribution < 1.29 is 9.59 Å². The van der Waals surface area contributed by atoms with Crippen LogP contribution in [0.4, 0.5) is 0 Å². The third-order valence-electron chi connectivity index (χ3n) is 2.75. The summed E-state index contributed by atoms with van der Waals surface area (Å²) in [5, 5.41) is 0. The topological polar surface area (TPSA) is 63.4 Å². The van der Waals surface area contributed by atoms with Crippen LogP contribution in [-0.2, 0) is 9.59 Å². The number of carbonyl (C=O) groups is 2. The molecule has 14 heavy (non-hydrogen) atoms. The van der Waals surface area contributed by atoms with Crippen molar-refractivity contribution >= 4 is 11.8 Å². The van der Waals surface area contributed by atoms with Crippen molar-refractivity contribution in [1.29, 1.82) is 0 Å². The molecule has 1 saturated heterocycles. The van der Waals surface area contributed by atoms with E-state index >= 15 is 0 Å². The number of fused-ring (bicyclic) bond motifs is 1. The Kier molecular flexibility index (Phi) is 1.91. The van der Waals surface area contributed by atoms with E-state index in [1.54, 1.807) is 12.2 Å². The number of likely N-dealkylation sites (N-methyl/N-ethyl adjacent to an activating group) is 1. The van der Waals surface area contributed by atoms with Crippen LogP contribution in [0.15, 0.2) is 23.4 Å². The Morgan fingerprint density at radius 3 is 2.79 bits per heavy atom. The van der Waals surface area contributed by atoms with Crippen LogP contribution < -0.4 is 5.73 Å². The van der Waals surface area contributed by atoms with Gasteiger partial charge in [-0.15, -0.1) is 0 Å². The number of amides is 2. The van der Waals surface area contributed by atoms with Gasteiger partial charge in [-0.3, -0.25) is 14.5 Å². The summed E-state index contributed by atoms with van der Waals surface area (Å²) in [6.07, 6.45) is 4.49.